The van der Waals surface area contributed by atoms with Crippen LogP contribution in [0.1, 0.15) is 18.5 Å². The van der Waals surface area contributed by atoms with Crippen molar-refractivity contribution in [1.82, 2.24) is 9.55 Å². The van der Waals surface area contributed by atoms with Crippen molar-refractivity contribution in [2.75, 3.05) is 22.4 Å². The van der Waals surface area contributed by atoms with Gasteiger partial charge in [-0.15, -0.1) is 0 Å². The van der Waals surface area contributed by atoms with Gasteiger partial charge in [-0.25, -0.2) is 13.4 Å². The van der Waals surface area contributed by atoms with Gasteiger partial charge in [-0.05, 0) is 66.3 Å². The third kappa shape index (κ3) is 4.95. The van der Waals surface area contributed by atoms with E-state index in [4.69, 9.17) is 0 Å². The Morgan fingerprint density at radius 3 is 2.50 bits per heavy atom. The Kier molecular flexibility index (Phi) is 5.98. The van der Waals surface area contributed by atoms with E-state index < -0.39 is 10.0 Å². The van der Waals surface area contributed by atoms with Gasteiger partial charge in [0.15, 0.2) is 0 Å². The number of benzene rings is 2. The molecule has 8 nitrogen and oxygen atoms in total. The SMILES string of the molecule is Cn1c(=O)cc(N(CC2CC2)c2cccc(-c3cccc(NS(C)(=O)=O)c3)c2)c2nc(C#N)ccc21. The van der Waals surface area contributed by atoms with E-state index in [2.05, 4.69) is 20.7 Å². The van der Waals surface area contributed by atoms with Crippen molar-refractivity contribution in [2.24, 2.45) is 13.0 Å². The first-order valence-corrected chi connectivity index (χ1v) is 13.5. The molecule has 0 spiro atoms. The minimum absolute atomic E-state index is 0.152. The molecule has 0 saturated heterocycles. The van der Waals surface area contributed by atoms with E-state index in [9.17, 15) is 18.5 Å². The molecule has 0 unspecified atom stereocenters. The maximum Gasteiger partial charge on any atom is 0.252 e. The minimum Gasteiger partial charge on any atom is -0.339 e. The van der Waals surface area contributed by atoms with Crippen LogP contribution in [0.2, 0.25) is 0 Å². The summed E-state index contributed by atoms with van der Waals surface area (Å²) in [7, 11) is -1.69. The standard InChI is InChI=1S/C27H25N5O3S/c1-31-24-12-11-22(16-28)29-27(24)25(15-26(31)33)32(17-18-9-10-18)23-8-4-6-20(14-23)19-5-3-7-21(13-19)30-36(2,34)35/h3-8,11-15,18,30H,9-10,17H2,1-2H3. The van der Waals surface area contributed by atoms with Gasteiger partial charge in [0, 0.05) is 31.0 Å². The number of hydrogen-bond acceptors (Lipinski definition) is 6. The van der Waals surface area contributed by atoms with Gasteiger partial charge in [0.25, 0.3) is 5.56 Å². The van der Waals surface area contributed by atoms with Gasteiger partial charge >= 0.3 is 0 Å². The van der Waals surface area contributed by atoms with E-state index in [1.54, 1.807) is 48.0 Å². The van der Waals surface area contributed by atoms with Gasteiger partial charge in [0.1, 0.15) is 17.3 Å². The zero-order chi connectivity index (χ0) is 25.4. The van der Waals surface area contributed by atoms with Crippen LogP contribution >= 0.6 is 0 Å². The molecule has 9 heteroatoms. The van der Waals surface area contributed by atoms with E-state index in [1.165, 1.54) is 0 Å². The molecule has 5 rings (SSSR count). The molecule has 0 aliphatic heterocycles. The van der Waals surface area contributed by atoms with Crippen LogP contribution in [0.3, 0.4) is 0 Å². The summed E-state index contributed by atoms with van der Waals surface area (Å²) in [6.07, 6.45) is 3.36. The summed E-state index contributed by atoms with van der Waals surface area (Å²) in [4.78, 5) is 19.5. The molecule has 0 amide bonds. The lowest BCUT2D eigenvalue weighted by atomic mass is 10.0. The maximum atomic E-state index is 12.9. The highest BCUT2D eigenvalue weighted by atomic mass is 32.2. The average molecular weight is 500 g/mol. The van der Waals surface area contributed by atoms with Crippen LogP contribution in [0.25, 0.3) is 22.2 Å². The van der Waals surface area contributed by atoms with Crippen LogP contribution in [-0.4, -0.2) is 30.8 Å². The first-order valence-electron chi connectivity index (χ1n) is 11.6. The molecule has 0 atom stereocenters. The fourth-order valence-corrected chi connectivity index (χ4v) is 4.87. The van der Waals surface area contributed by atoms with Crippen LogP contribution in [-0.2, 0) is 17.1 Å². The monoisotopic (exact) mass is 499 g/mol. The molecular weight excluding hydrogens is 474 g/mol. The molecule has 36 heavy (non-hydrogen) atoms. The first-order chi connectivity index (χ1) is 17.2. The third-order valence-electron chi connectivity index (χ3n) is 6.27. The number of pyridine rings is 2. The molecule has 1 saturated carbocycles. The molecule has 1 N–H and O–H groups in total. The fourth-order valence-electron chi connectivity index (χ4n) is 4.31. The zero-order valence-corrected chi connectivity index (χ0v) is 20.8. The number of hydrogen-bond donors (Lipinski definition) is 1. The molecule has 4 aromatic rings. The van der Waals surface area contributed by atoms with Crippen LogP contribution in [0.4, 0.5) is 17.1 Å². The predicted octanol–water partition coefficient (Wildman–Crippen LogP) is 4.39. The van der Waals surface area contributed by atoms with Crippen LogP contribution < -0.4 is 15.2 Å². The smallest absolute Gasteiger partial charge is 0.252 e. The van der Waals surface area contributed by atoms with E-state index in [1.807, 2.05) is 30.3 Å². The van der Waals surface area contributed by atoms with Crippen molar-refractivity contribution in [3.8, 4) is 17.2 Å². The lowest BCUT2D eigenvalue weighted by Gasteiger charge is -2.27. The summed E-state index contributed by atoms with van der Waals surface area (Å²) < 4.78 is 27.4. The van der Waals surface area contributed by atoms with Crippen LogP contribution in [0, 0.1) is 17.2 Å². The number of nitrogens with zero attached hydrogens (tertiary/aromatic N) is 4. The molecule has 182 valence electrons. The normalized spacial score (nSPS) is 13.4. The predicted molar refractivity (Wildman–Crippen MR) is 142 cm³/mol. The average Bonchev–Trinajstić information content (AvgIpc) is 3.68. The first kappa shape index (κ1) is 23.6. The highest BCUT2D eigenvalue weighted by molar-refractivity contribution is 7.92. The van der Waals surface area contributed by atoms with Crippen molar-refractivity contribution in [2.45, 2.75) is 12.8 Å². The van der Waals surface area contributed by atoms with Crippen molar-refractivity contribution in [1.29, 1.82) is 5.26 Å². The topological polar surface area (TPSA) is 108 Å². The van der Waals surface area contributed by atoms with Crippen LogP contribution in [0.5, 0.6) is 0 Å². The number of nitriles is 1. The molecule has 0 bridgehead atoms. The Morgan fingerprint density at radius 2 is 1.81 bits per heavy atom. The van der Waals surface area contributed by atoms with Crippen molar-refractivity contribution in [3.63, 3.8) is 0 Å². The number of nitrogens with one attached hydrogen (secondary N) is 1. The van der Waals surface area contributed by atoms with Gasteiger partial charge in [-0.3, -0.25) is 9.52 Å². The largest absolute Gasteiger partial charge is 0.339 e. The number of anilines is 3. The molecule has 2 heterocycles. The Balaban J connectivity index is 1.64. The lowest BCUT2D eigenvalue weighted by molar-refractivity contribution is 0.607. The Labute approximate surface area is 209 Å². The summed E-state index contributed by atoms with van der Waals surface area (Å²) in [5.74, 6) is 0.509. The Hall–Kier alpha value is -4.16. The summed E-state index contributed by atoms with van der Waals surface area (Å²) in [6, 6.07) is 22.2. The van der Waals surface area contributed by atoms with Gasteiger partial charge in [0.2, 0.25) is 10.0 Å². The van der Waals surface area contributed by atoms with Gasteiger partial charge in [-0.1, -0.05) is 24.3 Å². The highest BCUT2D eigenvalue weighted by Gasteiger charge is 2.27. The number of aryl methyl sites for hydroxylation is 1. The second kappa shape index (κ2) is 9.13. The number of sulfonamides is 1. The molecule has 0 radical (unpaired) electrons. The quantitative estimate of drug-likeness (QED) is 0.404. The molecule has 2 aromatic heterocycles. The van der Waals surface area contributed by atoms with E-state index in [0.29, 0.717) is 28.3 Å². The highest BCUT2D eigenvalue weighted by Crippen LogP contribution is 2.38. The van der Waals surface area contributed by atoms with E-state index in [0.717, 1.165) is 42.5 Å². The number of rotatable bonds is 7. The Morgan fingerprint density at radius 1 is 1.08 bits per heavy atom. The Bertz CT molecular complexity index is 1680. The van der Waals surface area contributed by atoms with Crippen molar-refractivity contribution >= 4 is 38.1 Å². The van der Waals surface area contributed by atoms with Crippen molar-refractivity contribution in [3.05, 3.63) is 82.8 Å². The maximum absolute atomic E-state index is 12.9. The minimum atomic E-state index is -3.39. The molecular formula is C27H25N5O3S. The zero-order valence-electron chi connectivity index (χ0n) is 20.0. The van der Waals surface area contributed by atoms with E-state index in [-0.39, 0.29) is 11.3 Å². The molecule has 1 aliphatic carbocycles. The summed E-state index contributed by atoms with van der Waals surface area (Å²) >= 11 is 0. The summed E-state index contributed by atoms with van der Waals surface area (Å²) in [5.41, 5.74) is 5.20. The third-order valence-corrected chi connectivity index (χ3v) is 6.88. The van der Waals surface area contributed by atoms with Crippen molar-refractivity contribution < 1.29 is 8.42 Å². The van der Waals surface area contributed by atoms with E-state index >= 15 is 0 Å². The van der Waals surface area contributed by atoms with Gasteiger partial charge in [-0.2, -0.15) is 5.26 Å². The molecule has 2 aromatic carbocycles. The number of aromatic nitrogens is 2. The summed E-state index contributed by atoms with van der Waals surface area (Å²) in [5, 5.41) is 9.44. The number of fused-ring (bicyclic) bond motifs is 1. The van der Waals surface area contributed by atoms with Gasteiger partial charge < -0.3 is 9.47 Å². The molecule has 1 aliphatic rings. The second-order valence-electron chi connectivity index (χ2n) is 9.16. The molecule has 1 fully saturated rings. The second-order valence-corrected chi connectivity index (χ2v) is 10.9. The fraction of sp³-hybridized carbons (Fsp3) is 0.222. The van der Waals surface area contributed by atoms with Gasteiger partial charge in [0.05, 0.1) is 17.5 Å². The lowest BCUT2D eigenvalue weighted by Crippen LogP contribution is -2.25. The summed E-state index contributed by atoms with van der Waals surface area (Å²) in [6.45, 7) is 0.722. The van der Waals surface area contributed by atoms with Crippen LogP contribution in [0.15, 0.2) is 71.5 Å².